The first-order chi connectivity index (χ1) is 9.24. The van der Waals surface area contributed by atoms with Gasteiger partial charge in [0.25, 0.3) is 0 Å². The lowest BCUT2D eigenvalue weighted by Crippen LogP contribution is -2.28. The summed E-state index contributed by atoms with van der Waals surface area (Å²) in [7, 11) is 0. The van der Waals surface area contributed by atoms with Crippen molar-refractivity contribution in [3.63, 3.8) is 0 Å². The number of aromatic amines is 1. The number of rotatable bonds is 2. The van der Waals surface area contributed by atoms with Crippen LogP contribution in [0.2, 0.25) is 0 Å². The molecule has 0 fully saturated rings. The van der Waals surface area contributed by atoms with Crippen LogP contribution in [0.4, 0.5) is 5.69 Å². The quantitative estimate of drug-likeness (QED) is 0.894. The van der Waals surface area contributed by atoms with Crippen LogP contribution in [0.5, 0.6) is 0 Å². The van der Waals surface area contributed by atoms with Crippen LogP contribution in [0, 0.1) is 5.92 Å². The highest BCUT2D eigenvalue weighted by Gasteiger charge is 2.26. The Labute approximate surface area is 119 Å². The average molecular weight is 320 g/mol. The number of aromatic nitrogens is 2. The lowest BCUT2D eigenvalue weighted by Gasteiger charge is -2.21. The number of H-pyrrole nitrogens is 1. The number of halogens is 1. The first-order valence-corrected chi connectivity index (χ1v) is 7.10. The number of nitrogens with one attached hydrogen (secondary N) is 2. The van der Waals surface area contributed by atoms with Crippen molar-refractivity contribution >= 4 is 27.5 Å². The van der Waals surface area contributed by atoms with Gasteiger partial charge in [-0.3, -0.25) is 4.79 Å². The van der Waals surface area contributed by atoms with Crippen LogP contribution in [0.25, 0.3) is 0 Å². The number of amides is 1. The Morgan fingerprint density at radius 2 is 2.26 bits per heavy atom. The van der Waals surface area contributed by atoms with E-state index < -0.39 is 0 Å². The lowest BCUT2D eigenvalue weighted by molar-refractivity contribution is -0.120. The summed E-state index contributed by atoms with van der Waals surface area (Å²) in [5, 5.41) is 2.98. The molecule has 1 aromatic heterocycles. The lowest BCUT2D eigenvalue weighted by atomic mass is 9.89. The van der Waals surface area contributed by atoms with Crippen LogP contribution in [-0.2, 0) is 17.6 Å². The summed E-state index contributed by atoms with van der Waals surface area (Å²) < 4.78 is 0.904. The molecule has 0 aliphatic heterocycles. The molecule has 1 aromatic carbocycles. The van der Waals surface area contributed by atoms with Crippen molar-refractivity contribution in [3.8, 4) is 0 Å². The summed E-state index contributed by atoms with van der Waals surface area (Å²) in [4.78, 5) is 19.7. The molecule has 1 aliphatic carbocycles. The van der Waals surface area contributed by atoms with Gasteiger partial charge in [0, 0.05) is 22.5 Å². The fourth-order valence-corrected chi connectivity index (χ4v) is 2.81. The van der Waals surface area contributed by atoms with Gasteiger partial charge in [-0.15, -0.1) is 0 Å². The number of carbonyl (C=O) groups is 1. The molecule has 0 saturated heterocycles. The monoisotopic (exact) mass is 319 g/mol. The molecule has 0 bridgehead atoms. The fraction of sp³-hybridized carbons (Fsp3) is 0.286. The number of hydrogen-bond acceptors (Lipinski definition) is 2. The van der Waals surface area contributed by atoms with Gasteiger partial charge in [-0.05, 0) is 40.9 Å². The van der Waals surface area contributed by atoms with Crippen LogP contribution < -0.4 is 5.32 Å². The predicted octanol–water partition coefficient (Wildman–Crippen LogP) is 2.92. The van der Waals surface area contributed by atoms with Gasteiger partial charge in [0.15, 0.2) is 0 Å². The normalized spacial score (nSPS) is 17.8. The van der Waals surface area contributed by atoms with Crippen LogP contribution in [-0.4, -0.2) is 15.9 Å². The predicted molar refractivity (Wildman–Crippen MR) is 76.9 cm³/mol. The number of benzene rings is 1. The summed E-state index contributed by atoms with van der Waals surface area (Å²) in [6, 6.07) is 7.65. The van der Waals surface area contributed by atoms with Crippen molar-refractivity contribution in [2.24, 2.45) is 5.92 Å². The Kier molecular flexibility index (Phi) is 3.38. The second-order valence-corrected chi connectivity index (χ2v) is 5.59. The molecule has 0 radical (unpaired) electrons. The van der Waals surface area contributed by atoms with E-state index in [0.29, 0.717) is 0 Å². The molecule has 3 rings (SSSR count). The molecular formula is C14H14BrN3O. The Morgan fingerprint density at radius 3 is 3.11 bits per heavy atom. The summed E-state index contributed by atoms with van der Waals surface area (Å²) in [6.07, 6.45) is 4.17. The number of nitrogens with zero attached hydrogens (tertiary/aromatic N) is 1. The van der Waals surface area contributed by atoms with Gasteiger partial charge in [-0.2, -0.15) is 0 Å². The van der Waals surface area contributed by atoms with E-state index in [9.17, 15) is 4.79 Å². The second kappa shape index (κ2) is 5.17. The average Bonchev–Trinajstić information content (AvgIpc) is 2.88. The molecule has 0 spiro atoms. The number of fused-ring (bicyclic) bond motifs is 1. The van der Waals surface area contributed by atoms with E-state index in [-0.39, 0.29) is 11.8 Å². The first kappa shape index (κ1) is 12.4. The molecule has 2 N–H and O–H groups in total. The summed E-state index contributed by atoms with van der Waals surface area (Å²) >= 11 is 3.44. The Balaban J connectivity index is 1.71. The zero-order valence-electron chi connectivity index (χ0n) is 10.3. The Morgan fingerprint density at radius 1 is 1.42 bits per heavy atom. The molecule has 1 atom stereocenters. The minimum atomic E-state index is 0.0139. The van der Waals surface area contributed by atoms with Crippen molar-refractivity contribution in [2.75, 3.05) is 5.32 Å². The minimum absolute atomic E-state index is 0.0139. The van der Waals surface area contributed by atoms with Gasteiger partial charge in [-0.25, -0.2) is 4.98 Å². The van der Waals surface area contributed by atoms with Gasteiger partial charge >= 0.3 is 0 Å². The molecule has 4 nitrogen and oxygen atoms in total. The Hall–Kier alpha value is -1.62. The maximum absolute atomic E-state index is 12.3. The molecular weight excluding hydrogens is 306 g/mol. The van der Waals surface area contributed by atoms with Gasteiger partial charge in [0.2, 0.25) is 5.91 Å². The largest absolute Gasteiger partial charge is 0.348 e. The smallest absolute Gasteiger partial charge is 0.227 e. The van der Waals surface area contributed by atoms with Gasteiger partial charge in [0.05, 0.1) is 17.7 Å². The summed E-state index contributed by atoms with van der Waals surface area (Å²) in [5.74, 6) is 0.0900. The summed E-state index contributed by atoms with van der Waals surface area (Å²) in [5.41, 5.74) is 3.02. The standard InChI is InChI=1S/C14H14BrN3O/c15-10-3-1-2-4-11(10)18-14(19)9-5-6-12-13(7-9)17-8-16-12/h1-4,8-9H,5-7H2,(H,16,17)(H,18,19). The van der Waals surface area contributed by atoms with Crippen molar-refractivity contribution in [3.05, 3.63) is 46.5 Å². The molecule has 0 saturated carbocycles. The third-order valence-electron chi connectivity index (χ3n) is 3.49. The number of anilines is 1. The number of para-hydroxylation sites is 1. The van der Waals surface area contributed by atoms with E-state index in [0.717, 1.165) is 40.8 Å². The highest BCUT2D eigenvalue weighted by atomic mass is 79.9. The third-order valence-corrected chi connectivity index (χ3v) is 4.18. The minimum Gasteiger partial charge on any atom is -0.348 e. The molecule has 1 aliphatic rings. The second-order valence-electron chi connectivity index (χ2n) is 4.74. The Bertz CT molecular complexity index is 608. The van der Waals surface area contributed by atoms with Gasteiger partial charge in [-0.1, -0.05) is 12.1 Å². The molecule has 2 aromatic rings. The zero-order chi connectivity index (χ0) is 13.2. The van der Waals surface area contributed by atoms with Crippen molar-refractivity contribution < 1.29 is 4.79 Å². The topological polar surface area (TPSA) is 57.8 Å². The highest BCUT2D eigenvalue weighted by molar-refractivity contribution is 9.10. The van der Waals surface area contributed by atoms with E-state index in [1.165, 1.54) is 0 Å². The van der Waals surface area contributed by atoms with Crippen LogP contribution >= 0.6 is 15.9 Å². The third kappa shape index (κ3) is 2.56. The van der Waals surface area contributed by atoms with Crippen molar-refractivity contribution in [1.82, 2.24) is 9.97 Å². The van der Waals surface area contributed by atoms with E-state index >= 15 is 0 Å². The van der Waals surface area contributed by atoms with Crippen LogP contribution in [0.15, 0.2) is 35.1 Å². The van der Waals surface area contributed by atoms with Crippen LogP contribution in [0.1, 0.15) is 17.8 Å². The molecule has 1 heterocycles. The highest BCUT2D eigenvalue weighted by Crippen LogP contribution is 2.26. The van der Waals surface area contributed by atoms with E-state index in [4.69, 9.17) is 0 Å². The fourth-order valence-electron chi connectivity index (χ4n) is 2.42. The van der Waals surface area contributed by atoms with E-state index in [2.05, 4.69) is 31.2 Å². The zero-order valence-corrected chi connectivity index (χ0v) is 11.9. The molecule has 98 valence electrons. The van der Waals surface area contributed by atoms with Gasteiger partial charge in [0.1, 0.15) is 0 Å². The maximum atomic E-state index is 12.3. The first-order valence-electron chi connectivity index (χ1n) is 6.30. The number of aryl methyl sites for hydroxylation is 1. The molecule has 1 amide bonds. The van der Waals surface area contributed by atoms with E-state index in [1.54, 1.807) is 6.33 Å². The summed E-state index contributed by atoms with van der Waals surface area (Å²) in [6.45, 7) is 0. The van der Waals surface area contributed by atoms with Crippen molar-refractivity contribution in [2.45, 2.75) is 19.3 Å². The van der Waals surface area contributed by atoms with Crippen LogP contribution in [0.3, 0.4) is 0 Å². The molecule has 19 heavy (non-hydrogen) atoms. The van der Waals surface area contributed by atoms with Gasteiger partial charge < -0.3 is 10.3 Å². The SMILES string of the molecule is O=C(Nc1ccccc1Br)C1CCc2nc[nH]c2C1. The van der Waals surface area contributed by atoms with Crippen molar-refractivity contribution in [1.29, 1.82) is 0 Å². The maximum Gasteiger partial charge on any atom is 0.227 e. The number of carbonyl (C=O) groups excluding carboxylic acids is 1. The molecule has 5 heteroatoms. The number of hydrogen-bond donors (Lipinski definition) is 2. The van der Waals surface area contributed by atoms with E-state index in [1.807, 2.05) is 24.3 Å². The number of imidazole rings is 1. The molecule has 1 unspecified atom stereocenters.